The highest BCUT2D eigenvalue weighted by Crippen LogP contribution is 2.35. The van der Waals surface area contributed by atoms with E-state index in [9.17, 15) is 18.0 Å². The number of hydrogen-bond donors (Lipinski definition) is 1. The first-order valence-corrected chi connectivity index (χ1v) is 16.5. The van der Waals surface area contributed by atoms with Crippen molar-refractivity contribution >= 4 is 27.5 Å². The van der Waals surface area contributed by atoms with Crippen molar-refractivity contribution in [1.29, 1.82) is 0 Å². The molecule has 9 nitrogen and oxygen atoms in total. The summed E-state index contributed by atoms with van der Waals surface area (Å²) in [4.78, 5) is 28.8. The second kappa shape index (κ2) is 14.1. The average molecular weight is 586 g/mol. The summed E-state index contributed by atoms with van der Waals surface area (Å²) in [5.74, 6) is 0.785. The highest BCUT2D eigenvalue weighted by molar-refractivity contribution is 7.92. The molecule has 1 aliphatic heterocycles. The summed E-state index contributed by atoms with van der Waals surface area (Å²) in [5.41, 5.74) is 2.49. The van der Waals surface area contributed by atoms with Gasteiger partial charge in [0, 0.05) is 31.6 Å². The number of anilines is 1. The van der Waals surface area contributed by atoms with Crippen molar-refractivity contribution in [3.05, 3.63) is 53.6 Å². The van der Waals surface area contributed by atoms with Crippen LogP contribution in [0.5, 0.6) is 11.5 Å². The molecule has 224 valence electrons. The van der Waals surface area contributed by atoms with Crippen LogP contribution < -0.4 is 19.1 Å². The van der Waals surface area contributed by atoms with Crippen LogP contribution in [0.15, 0.2) is 42.5 Å². The molecule has 1 N–H and O–H groups in total. The SMILES string of the molecule is CC[C@H](C(=O)NC1CCCCC1)N(Cc1cccc(C)c1)C(=O)CCCN(c1ccc2c(c1)OCCO2)S(C)(=O)=O. The van der Waals surface area contributed by atoms with Gasteiger partial charge in [0.05, 0.1) is 11.9 Å². The minimum absolute atomic E-state index is 0.107. The fraction of sp³-hybridized carbons (Fsp3) is 0.548. The Morgan fingerprint density at radius 1 is 1.02 bits per heavy atom. The first-order chi connectivity index (χ1) is 19.7. The molecule has 1 aliphatic carbocycles. The van der Waals surface area contributed by atoms with Crippen molar-refractivity contribution in [1.82, 2.24) is 10.2 Å². The highest BCUT2D eigenvalue weighted by atomic mass is 32.2. The zero-order chi connectivity index (χ0) is 29.4. The number of carbonyl (C=O) groups is 2. The van der Waals surface area contributed by atoms with Gasteiger partial charge in [-0.15, -0.1) is 0 Å². The third-order valence-corrected chi connectivity index (χ3v) is 8.93. The topological polar surface area (TPSA) is 105 Å². The Bertz CT molecular complexity index is 1310. The number of nitrogens with zero attached hydrogens (tertiary/aromatic N) is 2. The molecule has 10 heteroatoms. The molecule has 0 spiro atoms. The van der Waals surface area contributed by atoms with Crippen molar-refractivity contribution in [2.75, 3.05) is 30.3 Å². The maximum absolute atomic E-state index is 13.7. The Kier molecular flexibility index (Phi) is 10.5. The first-order valence-electron chi connectivity index (χ1n) is 14.7. The Balaban J connectivity index is 1.48. The van der Waals surface area contributed by atoms with Crippen LogP contribution in [0.25, 0.3) is 0 Å². The molecule has 2 aromatic carbocycles. The predicted octanol–water partition coefficient (Wildman–Crippen LogP) is 4.57. The van der Waals surface area contributed by atoms with Gasteiger partial charge < -0.3 is 19.7 Å². The van der Waals surface area contributed by atoms with Gasteiger partial charge >= 0.3 is 0 Å². The molecular weight excluding hydrogens is 542 g/mol. The summed E-state index contributed by atoms with van der Waals surface area (Å²) in [6, 6.07) is 12.5. The van der Waals surface area contributed by atoms with Gasteiger partial charge in [-0.25, -0.2) is 8.42 Å². The lowest BCUT2D eigenvalue weighted by atomic mass is 9.95. The summed E-state index contributed by atoms with van der Waals surface area (Å²) >= 11 is 0. The third-order valence-electron chi connectivity index (χ3n) is 7.74. The zero-order valence-electron chi connectivity index (χ0n) is 24.4. The fourth-order valence-electron chi connectivity index (χ4n) is 5.66. The van der Waals surface area contributed by atoms with Crippen LogP contribution in [0, 0.1) is 6.92 Å². The van der Waals surface area contributed by atoms with E-state index < -0.39 is 16.1 Å². The number of rotatable bonds is 12. The monoisotopic (exact) mass is 585 g/mol. The molecule has 1 fully saturated rings. The van der Waals surface area contributed by atoms with Crippen LogP contribution in [0.2, 0.25) is 0 Å². The number of sulfonamides is 1. The van der Waals surface area contributed by atoms with Gasteiger partial charge in [-0.3, -0.25) is 13.9 Å². The van der Waals surface area contributed by atoms with E-state index in [-0.39, 0.29) is 30.8 Å². The van der Waals surface area contributed by atoms with Gasteiger partial charge in [0.15, 0.2) is 11.5 Å². The van der Waals surface area contributed by atoms with E-state index in [1.54, 1.807) is 23.1 Å². The molecule has 0 aromatic heterocycles. The van der Waals surface area contributed by atoms with Crippen LogP contribution in [0.1, 0.15) is 69.4 Å². The number of aryl methyl sites for hydroxylation is 1. The van der Waals surface area contributed by atoms with Gasteiger partial charge in [0.25, 0.3) is 0 Å². The molecular formula is C31H43N3O6S. The Hall–Kier alpha value is -3.27. The van der Waals surface area contributed by atoms with Crippen LogP contribution in [-0.4, -0.2) is 63.2 Å². The lowest BCUT2D eigenvalue weighted by molar-refractivity contribution is -0.141. The van der Waals surface area contributed by atoms with Crippen LogP contribution in [0.3, 0.4) is 0 Å². The molecule has 4 rings (SSSR count). The van der Waals surface area contributed by atoms with Crippen molar-refractivity contribution in [2.45, 2.75) is 83.8 Å². The quantitative estimate of drug-likeness (QED) is 0.391. The highest BCUT2D eigenvalue weighted by Gasteiger charge is 2.30. The van der Waals surface area contributed by atoms with Crippen molar-refractivity contribution in [2.24, 2.45) is 0 Å². The Morgan fingerprint density at radius 3 is 2.44 bits per heavy atom. The van der Waals surface area contributed by atoms with Crippen molar-refractivity contribution < 1.29 is 27.5 Å². The second-order valence-corrected chi connectivity index (χ2v) is 13.0. The number of nitrogens with one attached hydrogen (secondary N) is 1. The third kappa shape index (κ3) is 8.38. The van der Waals surface area contributed by atoms with E-state index in [2.05, 4.69) is 5.32 Å². The van der Waals surface area contributed by atoms with Crippen LogP contribution in [0.4, 0.5) is 5.69 Å². The maximum Gasteiger partial charge on any atom is 0.243 e. The summed E-state index contributed by atoms with van der Waals surface area (Å²) in [6.07, 6.45) is 7.38. The second-order valence-electron chi connectivity index (χ2n) is 11.0. The number of amides is 2. The molecule has 0 bridgehead atoms. The maximum atomic E-state index is 13.7. The minimum atomic E-state index is -3.62. The molecule has 1 heterocycles. The van der Waals surface area contributed by atoms with Gasteiger partial charge in [0.1, 0.15) is 19.3 Å². The standard InChI is InChI=1S/C31H43N3O6S/c1-4-27(31(36)32-25-12-6-5-7-13-25)33(22-24-11-8-10-23(2)20-24)30(35)14-9-17-34(41(3,37)38)26-15-16-28-29(21-26)40-19-18-39-28/h8,10-11,15-16,20-21,25,27H,4-7,9,12-14,17-19,22H2,1-3H3,(H,32,36)/t27-/m1/s1. The Morgan fingerprint density at radius 2 is 1.76 bits per heavy atom. The summed E-state index contributed by atoms with van der Waals surface area (Å²) in [7, 11) is -3.62. The minimum Gasteiger partial charge on any atom is -0.486 e. The van der Waals surface area contributed by atoms with Gasteiger partial charge in [-0.1, -0.05) is 56.0 Å². The lowest BCUT2D eigenvalue weighted by Gasteiger charge is -2.33. The number of benzene rings is 2. The van der Waals surface area contributed by atoms with Gasteiger partial charge in [-0.05, 0) is 50.3 Å². The van der Waals surface area contributed by atoms with Gasteiger partial charge in [-0.2, -0.15) is 0 Å². The first kappa shape index (κ1) is 30.7. The molecule has 0 radical (unpaired) electrons. The Labute approximate surface area is 244 Å². The van der Waals surface area contributed by atoms with Crippen LogP contribution >= 0.6 is 0 Å². The molecule has 0 unspecified atom stereocenters. The van der Waals surface area contributed by atoms with Crippen molar-refractivity contribution in [3.63, 3.8) is 0 Å². The van der Waals surface area contributed by atoms with E-state index in [4.69, 9.17) is 9.47 Å². The van der Waals surface area contributed by atoms with Crippen LogP contribution in [-0.2, 0) is 26.2 Å². The number of fused-ring (bicyclic) bond motifs is 1. The van der Waals surface area contributed by atoms with Crippen molar-refractivity contribution in [3.8, 4) is 11.5 Å². The number of ether oxygens (including phenoxy) is 2. The van der Waals surface area contributed by atoms with E-state index >= 15 is 0 Å². The largest absolute Gasteiger partial charge is 0.486 e. The van der Waals surface area contributed by atoms with E-state index in [0.717, 1.165) is 43.1 Å². The lowest BCUT2D eigenvalue weighted by Crippen LogP contribution is -2.51. The molecule has 0 saturated heterocycles. The molecule has 1 saturated carbocycles. The fourth-order valence-corrected chi connectivity index (χ4v) is 6.62. The smallest absolute Gasteiger partial charge is 0.243 e. The molecule has 2 aliphatic rings. The summed E-state index contributed by atoms with van der Waals surface area (Å²) in [6.45, 7) is 5.20. The normalized spacial score (nSPS) is 16.1. The van der Waals surface area contributed by atoms with Gasteiger partial charge in [0.2, 0.25) is 21.8 Å². The predicted molar refractivity (Wildman–Crippen MR) is 160 cm³/mol. The average Bonchev–Trinajstić information content (AvgIpc) is 2.95. The zero-order valence-corrected chi connectivity index (χ0v) is 25.3. The van der Waals surface area contributed by atoms with E-state index in [1.165, 1.54) is 10.7 Å². The molecule has 2 amide bonds. The summed E-state index contributed by atoms with van der Waals surface area (Å²) in [5, 5.41) is 3.20. The molecule has 41 heavy (non-hydrogen) atoms. The molecule has 2 aromatic rings. The van der Waals surface area contributed by atoms with E-state index in [1.807, 2.05) is 38.1 Å². The number of carbonyl (C=O) groups excluding carboxylic acids is 2. The summed E-state index contributed by atoms with van der Waals surface area (Å²) < 4.78 is 37.9. The molecule has 1 atom stereocenters. The van der Waals surface area contributed by atoms with E-state index in [0.29, 0.717) is 49.8 Å². The number of hydrogen-bond acceptors (Lipinski definition) is 6.